The Kier molecular flexibility index (Phi) is 4.36. The molecular formula is C10H12ClNO4S. The standard InChI is InChI=1S/C10H12ClNO4S/c1-3-16-10(13)7-4-5-9(8(11)6-7)12-17(2,14)15/h4-6,12H,3H2,1-2H3. The van der Waals surface area contributed by atoms with E-state index in [1.807, 2.05) is 0 Å². The highest BCUT2D eigenvalue weighted by atomic mass is 35.5. The van der Waals surface area contributed by atoms with Gasteiger partial charge >= 0.3 is 5.97 Å². The quantitative estimate of drug-likeness (QED) is 0.853. The number of hydrogen-bond donors (Lipinski definition) is 1. The van der Waals surface area contributed by atoms with Crippen LogP contribution in [0.15, 0.2) is 18.2 Å². The molecule has 0 aromatic heterocycles. The Hall–Kier alpha value is -1.27. The van der Waals surface area contributed by atoms with Crippen LogP contribution in [-0.2, 0) is 14.8 Å². The van der Waals surface area contributed by atoms with Crippen LogP contribution in [0.5, 0.6) is 0 Å². The maximum absolute atomic E-state index is 11.4. The minimum atomic E-state index is -3.39. The van der Waals surface area contributed by atoms with Gasteiger partial charge in [0.05, 0.1) is 29.1 Å². The van der Waals surface area contributed by atoms with Crippen LogP contribution in [0, 0.1) is 0 Å². The number of benzene rings is 1. The first kappa shape index (κ1) is 13.8. The fraction of sp³-hybridized carbons (Fsp3) is 0.300. The molecule has 1 aromatic rings. The number of rotatable bonds is 4. The SMILES string of the molecule is CCOC(=O)c1ccc(NS(C)(=O)=O)c(Cl)c1. The Morgan fingerprint density at radius 3 is 2.59 bits per heavy atom. The van der Waals surface area contributed by atoms with Gasteiger partial charge in [-0.3, -0.25) is 4.72 Å². The zero-order valence-electron chi connectivity index (χ0n) is 9.36. The average molecular weight is 278 g/mol. The molecule has 0 aliphatic carbocycles. The number of anilines is 1. The molecule has 0 atom stereocenters. The zero-order valence-corrected chi connectivity index (χ0v) is 10.9. The third-order valence-corrected chi connectivity index (χ3v) is 2.68. The smallest absolute Gasteiger partial charge is 0.338 e. The minimum Gasteiger partial charge on any atom is -0.462 e. The summed E-state index contributed by atoms with van der Waals surface area (Å²) in [5, 5.41) is 0.140. The van der Waals surface area contributed by atoms with Gasteiger partial charge in [-0.15, -0.1) is 0 Å². The molecule has 7 heteroatoms. The van der Waals surface area contributed by atoms with Gasteiger partial charge in [0.2, 0.25) is 10.0 Å². The maximum atomic E-state index is 11.4. The minimum absolute atomic E-state index is 0.140. The van der Waals surface area contributed by atoms with E-state index in [0.29, 0.717) is 0 Å². The second-order valence-electron chi connectivity index (χ2n) is 3.29. The van der Waals surface area contributed by atoms with Crippen molar-refractivity contribution in [2.45, 2.75) is 6.92 Å². The molecule has 0 spiro atoms. The van der Waals surface area contributed by atoms with Crippen LogP contribution >= 0.6 is 11.6 Å². The zero-order chi connectivity index (χ0) is 13.1. The number of ether oxygens (including phenoxy) is 1. The van der Waals surface area contributed by atoms with Crippen LogP contribution in [0.25, 0.3) is 0 Å². The summed E-state index contributed by atoms with van der Waals surface area (Å²) in [6.07, 6.45) is 1.02. The summed E-state index contributed by atoms with van der Waals surface area (Å²) in [5.41, 5.74) is 0.498. The van der Waals surface area contributed by atoms with E-state index >= 15 is 0 Å². The molecular weight excluding hydrogens is 266 g/mol. The van der Waals surface area contributed by atoms with Gasteiger partial charge in [0.15, 0.2) is 0 Å². The molecule has 0 unspecified atom stereocenters. The van der Waals surface area contributed by atoms with Crippen molar-refractivity contribution in [3.05, 3.63) is 28.8 Å². The average Bonchev–Trinajstić information content (AvgIpc) is 2.19. The van der Waals surface area contributed by atoms with Crippen molar-refractivity contribution in [3.8, 4) is 0 Å². The highest BCUT2D eigenvalue weighted by Crippen LogP contribution is 2.24. The number of esters is 1. The van der Waals surface area contributed by atoms with Crippen molar-refractivity contribution in [1.29, 1.82) is 0 Å². The monoisotopic (exact) mass is 277 g/mol. The first-order chi connectivity index (χ1) is 7.83. The molecule has 17 heavy (non-hydrogen) atoms. The number of carbonyl (C=O) groups excluding carboxylic acids is 1. The Balaban J connectivity index is 2.98. The van der Waals surface area contributed by atoms with Gasteiger partial charge in [-0.2, -0.15) is 0 Å². The number of nitrogens with one attached hydrogen (secondary N) is 1. The first-order valence-corrected chi connectivity index (χ1v) is 7.05. The number of carbonyl (C=O) groups is 1. The van der Waals surface area contributed by atoms with Gasteiger partial charge < -0.3 is 4.74 Å². The summed E-state index contributed by atoms with van der Waals surface area (Å²) in [4.78, 5) is 11.4. The van der Waals surface area contributed by atoms with E-state index in [0.717, 1.165) is 6.26 Å². The molecule has 0 radical (unpaired) electrons. The molecule has 1 rings (SSSR count). The molecule has 0 aliphatic heterocycles. The van der Waals surface area contributed by atoms with Gasteiger partial charge in [-0.1, -0.05) is 11.6 Å². The summed E-state index contributed by atoms with van der Waals surface area (Å²) in [6, 6.07) is 4.21. The fourth-order valence-electron chi connectivity index (χ4n) is 1.14. The molecule has 1 N–H and O–H groups in total. The highest BCUT2D eigenvalue weighted by molar-refractivity contribution is 7.92. The maximum Gasteiger partial charge on any atom is 0.338 e. The topological polar surface area (TPSA) is 72.5 Å². The number of hydrogen-bond acceptors (Lipinski definition) is 4. The fourth-order valence-corrected chi connectivity index (χ4v) is 2.00. The van der Waals surface area contributed by atoms with Gasteiger partial charge in [-0.25, -0.2) is 13.2 Å². The first-order valence-electron chi connectivity index (χ1n) is 4.78. The van der Waals surface area contributed by atoms with Crippen molar-refractivity contribution < 1.29 is 17.9 Å². The molecule has 0 saturated carbocycles. The van der Waals surface area contributed by atoms with E-state index in [4.69, 9.17) is 16.3 Å². The lowest BCUT2D eigenvalue weighted by Gasteiger charge is -2.07. The molecule has 0 aliphatic rings. The largest absolute Gasteiger partial charge is 0.462 e. The molecule has 0 amide bonds. The summed E-state index contributed by atoms with van der Waals surface area (Å²) in [7, 11) is -3.39. The Bertz CT molecular complexity index is 527. The van der Waals surface area contributed by atoms with Crippen molar-refractivity contribution >= 4 is 33.3 Å². The molecule has 94 valence electrons. The second kappa shape index (κ2) is 5.37. The number of halogens is 1. The van der Waals surface area contributed by atoms with Crippen molar-refractivity contribution in [2.24, 2.45) is 0 Å². The third-order valence-electron chi connectivity index (χ3n) is 1.78. The summed E-state index contributed by atoms with van der Waals surface area (Å²) in [5.74, 6) is -0.500. The summed E-state index contributed by atoms with van der Waals surface area (Å²) >= 11 is 5.84. The van der Waals surface area contributed by atoms with Gasteiger partial charge in [0, 0.05) is 0 Å². The van der Waals surface area contributed by atoms with Crippen LogP contribution in [0.1, 0.15) is 17.3 Å². The molecule has 0 fully saturated rings. The molecule has 0 heterocycles. The lowest BCUT2D eigenvalue weighted by atomic mass is 10.2. The third kappa shape index (κ3) is 4.24. The predicted octanol–water partition coefficient (Wildman–Crippen LogP) is 1.89. The van der Waals surface area contributed by atoms with Gasteiger partial charge in [-0.05, 0) is 25.1 Å². The van der Waals surface area contributed by atoms with Crippen LogP contribution in [0.4, 0.5) is 5.69 Å². The van der Waals surface area contributed by atoms with E-state index in [1.165, 1.54) is 18.2 Å². The molecule has 0 bridgehead atoms. The molecule has 5 nitrogen and oxygen atoms in total. The lowest BCUT2D eigenvalue weighted by molar-refractivity contribution is 0.0526. The summed E-state index contributed by atoms with van der Waals surface area (Å²) < 4.78 is 29.0. The van der Waals surface area contributed by atoms with Crippen LogP contribution in [-0.4, -0.2) is 27.2 Å². The van der Waals surface area contributed by atoms with E-state index in [1.54, 1.807) is 6.92 Å². The van der Waals surface area contributed by atoms with Crippen molar-refractivity contribution in [3.63, 3.8) is 0 Å². The summed E-state index contributed by atoms with van der Waals surface area (Å²) in [6.45, 7) is 1.96. The normalized spacial score (nSPS) is 11.0. The second-order valence-corrected chi connectivity index (χ2v) is 5.44. The van der Waals surface area contributed by atoms with Crippen molar-refractivity contribution in [1.82, 2.24) is 0 Å². The van der Waals surface area contributed by atoms with Crippen LogP contribution in [0.2, 0.25) is 5.02 Å². The van der Waals surface area contributed by atoms with E-state index < -0.39 is 16.0 Å². The van der Waals surface area contributed by atoms with Gasteiger partial charge in [0.25, 0.3) is 0 Å². The van der Waals surface area contributed by atoms with Crippen molar-refractivity contribution in [2.75, 3.05) is 17.6 Å². The number of sulfonamides is 1. The van der Waals surface area contributed by atoms with Crippen LogP contribution < -0.4 is 4.72 Å². The molecule has 0 saturated heterocycles. The van der Waals surface area contributed by atoms with E-state index in [2.05, 4.69) is 4.72 Å². The lowest BCUT2D eigenvalue weighted by Crippen LogP contribution is -2.10. The predicted molar refractivity (Wildman–Crippen MR) is 65.9 cm³/mol. The van der Waals surface area contributed by atoms with Gasteiger partial charge in [0.1, 0.15) is 0 Å². The molecule has 1 aromatic carbocycles. The highest BCUT2D eigenvalue weighted by Gasteiger charge is 2.11. The van der Waals surface area contributed by atoms with E-state index in [9.17, 15) is 13.2 Å². The van der Waals surface area contributed by atoms with Crippen LogP contribution in [0.3, 0.4) is 0 Å². The Morgan fingerprint density at radius 1 is 1.47 bits per heavy atom. The Morgan fingerprint density at radius 2 is 2.12 bits per heavy atom. The van der Waals surface area contributed by atoms with E-state index in [-0.39, 0.29) is 22.9 Å². The Labute approximate surface area is 105 Å².